The molecule has 1 aliphatic carbocycles. The van der Waals surface area contributed by atoms with Crippen molar-refractivity contribution < 1.29 is 4.79 Å². The molecule has 1 saturated carbocycles. The first-order valence-corrected chi connectivity index (χ1v) is 6.45. The van der Waals surface area contributed by atoms with Crippen molar-refractivity contribution in [2.24, 2.45) is 17.8 Å². The zero-order valence-electron chi connectivity index (χ0n) is 10.0. The van der Waals surface area contributed by atoms with E-state index in [0.717, 1.165) is 37.8 Å². The van der Waals surface area contributed by atoms with E-state index in [1.165, 1.54) is 19.3 Å². The molecule has 2 fully saturated rings. The van der Waals surface area contributed by atoms with Crippen molar-refractivity contribution >= 4 is 5.91 Å². The van der Waals surface area contributed by atoms with Gasteiger partial charge in [0.15, 0.2) is 0 Å². The molecule has 0 aromatic carbocycles. The minimum Gasteiger partial charge on any atom is -0.342 e. The van der Waals surface area contributed by atoms with Crippen LogP contribution < -0.4 is 0 Å². The summed E-state index contributed by atoms with van der Waals surface area (Å²) in [6.07, 6.45) is 5.96. The summed E-state index contributed by atoms with van der Waals surface area (Å²) in [5.74, 6) is 2.36. The maximum Gasteiger partial charge on any atom is 0.225 e. The molecule has 2 aliphatic rings. The number of rotatable bonds is 1. The highest BCUT2D eigenvalue weighted by Gasteiger charge is 2.31. The minimum absolute atomic E-state index is 0.353. The first-order chi connectivity index (χ1) is 7.16. The highest BCUT2D eigenvalue weighted by atomic mass is 16.2. The smallest absolute Gasteiger partial charge is 0.225 e. The highest BCUT2D eigenvalue weighted by molar-refractivity contribution is 5.79. The van der Waals surface area contributed by atoms with Crippen LogP contribution in [0, 0.1) is 17.8 Å². The quantitative estimate of drug-likeness (QED) is 0.650. The van der Waals surface area contributed by atoms with Gasteiger partial charge in [-0.1, -0.05) is 13.8 Å². The fraction of sp³-hybridized carbons (Fsp3) is 0.923. The molecule has 0 aromatic heterocycles. The topological polar surface area (TPSA) is 20.3 Å². The van der Waals surface area contributed by atoms with Crippen molar-refractivity contribution in [2.45, 2.75) is 46.0 Å². The second-order valence-corrected chi connectivity index (χ2v) is 5.63. The molecule has 0 N–H and O–H groups in total. The Bertz CT molecular complexity index is 231. The van der Waals surface area contributed by atoms with Crippen molar-refractivity contribution in [3.8, 4) is 0 Å². The van der Waals surface area contributed by atoms with E-state index in [-0.39, 0.29) is 0 Å². The molecule has 0 spiro atoms. The molecule has 1 heterocycles. The predicted molar refractivity (Wildman–Crippen MR) is 61.5 cm³/mol. The van der Waals surface area contributed by atoms with Crippen molar-refractivity contribution in [3.63, 3.8) is 0 Å². The molecule has 2 rings (SSSR count). The summed E-state index contributed by atoms with van der Waals surface area (Å²) in [6, 6.07) is 0. The number of hydrogen-bond donors (Lipinski definition) is 0. The van der Waals surface area contributed by atoms with Crippen LogP contribution in [0.4, 0.5) is 0 Å². The van der Waals surface area contributed by atoms with Gasteiger partial charge in [0.05, 0.1) is 0 Å². The molecule has 1 amide bonds. The first-order valence-electron chi connectivity index (χ1n) is 6.45. The van der Waals surface area contributed by atoms with Crippen LogP contribution in [0.2, 0.25) is 0 Å². The van der Waals surface area contributed by atoms with E-state index in [1.807, 2.05) is 0 Å². The van der Waals surface area contributed by atoms with E-state index in [1.54, 1.807) is 0 Å². The number of nitrogens with zero attached hydrogens (tertiary/aromatic N) is 1. The minimum atomic E-state index is 0.353. The Morgan fingerprint density at radius 3 is 2.20 bits per heavy atom. The first kappa shape index (κ1) is 11.0. The monoisotopic (exact) mass is 209 g/mol. The molecule has 1 atom stereocenters. The Balaban J connectivity index is 1.85. The molecule has 86 valence electrons. The molecule has 15 heavy (non-hydrogen) atoms. The Morgan fingerprint density at radius 2 is 1.67 bits per heavy atom. The van der Waals surface area contributed by atoms with Crippen LogP contribution in [0.15, 0.2) is 0 Å². The Hall–Kier alpha value is -0.530. The van der Waals surface area contributed by atoms with E-state index in [2.05, 4.69) is 18.7 Å². The lowest BCUT2D eigenvalue weighted by Gasteiger charge is -2.28. The van der Waals surface area contributed by atoms with Gasteiger partial charge in [0, 0.05) is 19.0 Å². The molecule has 0 radical (unpaired) electrons. The third kappa shape index (κ3) is 2.53. The summed E-state index contributed by atoms with van der Waals surface area (Å²) in [4.78, 5) is 14.3. The van der Waals surface area contributed by atoms with Gasteiger partial charge in [-0.25, -0.2) is 0 Å². The largest absolute Gasteiger partial charge is 0.342 e. The van der Waals surface area contributed by atoms with Crippen LogP contribution >= 0.6 is 0 Å². The van der Waals surface area contributed by atoms with Crippen LogP contribution in [0.3, 0.4) is 0 Å². The van der Waals surface area contributed by atoms with Gasteiger partial charge in [-0.05, 0) is 43.9 Å². The molecule has 0 bridgehead atoms. The lowest BCUT2D eigenvalue weighted by molar-refractivity contribution is -0.135. The van der Waals surface area contributed by atoms with Crippen molar-refractivity contribution in [3.05, 3.63) is 0 Å². The zero-order valence-corrected chi connectivity index (χ0v) is 10.0. The van der Waals surface area contributed by atoms with E-state index in [9.17, 15) is 4.79 Å². The predicted octanol–water partition coefficient (Wildman–Crippen LogP) is 2.68. The third-order valence-electron chi connectivity index (χ3n) is 4.10. The fourth-order valence-electron chi connectivity index (χ4n) is 2.90. The standard InChI is InChI=1S/C13H23NO/c1-10-3-5-12(6-4-10)13(15)14-8-7-11(2)9-14/h10-12H,3-9H2,1-2H3. The molecular weight excluding hydrogens is 186 g/mol. The van der Waals surface area contributed by atoms with Gasteiger partial charge in [0.1, 0.15) is 0 Å². The van der Waals surface area contributed by atoms with Gasteiger partial charge >= 0.3 is 0 Å². The van der Waals surface area contributed by atoms with Crippen molar-refractivity contribution in [2.75, 3.05) is 13.1 Å². The molecule has 2 nitrogen and oxygen atoms in total. The highest BCUT2D eigenvalue weighted by Crippen LogP contribution is 2.30. The summed E-state index contributed by atoms with van der Waals surface area (Å²) in [5, 5.41) is 0. The average Bonchev–Trinajstić information content (AvgIpc) is 2.65. The number of hydrogen-bond acceptors (Lipinski definition) is 1. The van der Waals surface area contributed by atoms with E-state index in [4.69, 9.17) is 0 Å². The van der Waals surface area contributed by atoms with Gasteiger partial charge in [0.25, 0.3) is 0 Å². The normalized spacial score (nSPS) is 36.9. The lowest BCUT2D eigenvalue weighted by atomic mass is 9.82. The van der Waals surface area contributed by atoms with Crippen LogP contribution in [0.5, 0.6) is 0 Å². The van der Waals surface area contributed by atoms with Crippen LogP contribution in [0.25, 0.3) is 0 Å². The molecule has 1 unspecified atom stereocenters. The van der Waals surface area contributed by atoms with Crippen LogP contribution in [-0.4, -0.2) is 23.9 Å². The average molecular weight is 209 g/mol. The second kappa shape index (κ2) is 4.54. The summed E-state index contributed by atoms with van der Waals surface area (Å²) in [6.45, 7) is 6.56. The Kier molecular flexibility index (Phi) is 3.32. The maximum absolute atomic E-state index is 12.2. The number of amides is 1. The van der Waals surface area contributed by atoms with Gasteiger partial charge in [-0.15, -0.1) is 0 Å². The molecule has 2 heteroatoms. The summed E-state index contributed by atoms with van der Waals surface area (Å²) in [7, 11) is 0. The number of likely N-dealkylation sites (tertiary alicyclic amines) is 1. The number of carbonyl (C=O) groups is 1. The number of carbonyl (C=O) groups excluding carboxylic acids is 1. The van der Waals surface area contributed by atoms with Crippen molar-refractivity contribution in [1.82, 2.24) is 4.90 Å². The Labute approximate surface area is 93.0 Å². The van der Waals surface area contributed by atoms with Crippen molar-refractivity contribution in [1.29, 1.82) is 0 Å². The third-order valence-corrected chi connectivity index (χ3v) is 4.10. The van der Waals surface area contributed by atoms with Crippen LogP contribution in [0.1, 0.15) is 46.0 Å². The molecular formula is C13H23NO. The molecule has 0 aromatic rings. The zero-order chi connectivity index (χ0) is 10.8. The summed E-state index contributed by atoms with van der Waals surface area (Å²) >= 11 is 0. The summed E-state index contributed by atoms with van der Waals surface area (Å²) < 4.78 is 0. The second-order valence-electron chi connectivity index (χ2n) is 5.63. The SMILES string of the molecule is CC1CCC(C(=O)N2CCC(C)C2)CC1. The van der Waals surface area contributed by atoms with Gasteiger partial charge < -0.3 is 4.90 Å². The fourth-order valence-corrected chi connectivity index (χ4v) is 2.90. The van der Waals surface area contributed by atoms with E-state index < -0.39 is 0 Å². The molecule has 1 saturated heterocycles. The maximum atomic E-state index is 12.2. The summed E-state index contributed by atoms with van der Waals surface area (Å²) in [5.41, 5.74) is 0. The lowest BCUT2D eigenvalue weighted by Crippen LogP contribution is -2.35. The van der Waals surface area contributed by atoms with Gasteiger partial charge in [0.2, 0.25) is 5.91 Å². The van der Waals surface area contributed by atoms with E-state index in [0.29, 0.717) is 11.8 Å². The molecule has 1 aliphatic heterocycles. The Morgan fingerprint density at radius 1 is 1.00 bits per heavy atom. The van der Waals surface area contributed by atoms with Crippen LogP contribution in [-0.2, 0) is 4.79 Å². The van der Waals surface area contributed by atoms with E-state index >= 15 is 0 Å². The van der Waals surface area contributed by atoms with Gasteiger partial charge in [-0.2, -0.15) is 0 Å². The van der Waals surface area contributed by atoms with Gasteiger partial charge in [-0.3, -0.25) is 4.79 Å².